The second-order valence-electron chi connectivity index (χ2n) is 6.72. The number of likely N-dealkylation sites (tertiary alicyclic amines) is 1. The Morgan fingerprint density at radius 3 is 2.58 bits per heavy atom. The van der Waals surface area contributed by atoms with E-state index in [2.05, 4.69) is 15.2 Å². The van der Waals surface area contributed by atoms with E-state index in [0.29, 0.717) is 6.04 Å². The highest BCUT2D eigenvalue weighted by Gasteiger charge is 2.34. The lowest BCUT2D eigenvalue weighted by Crippen LogP contribution is -2.39. The van der Waals surface area contributed by atoms with E-state index in [1.807, 2.05) is 0 Å². The van der Waals surface area contributed by atoms with Crippen molar-refractivity contribution in [2.24, 2.45) is 0 Å². The van der Waals surface area contributed by atoms with Crippen LogP contribution < -0.4 is 5.32 Å². The lowest BCUT2D eigenvalue weighted by atomic mass is 10.1. The van der Waals surface area contributed by atoms with Crippen molar-refractivity contribution in [2.75, 3.05) is 13.1 Å². The van der Waals surface area contributed by atoms with Gasteiger partial charge in [-0.2, -0.15) is 13.2 Å². The molecule has 1 N–H and O–H groups in total. The first-order valence-corrected chi connectivity index (χ1v) is 8.44. The van der Waals surface area contributed by atoms with Crippen LogP contribution in [0.15, 0.2) is 12.1 Å². The third-order valence-electron chi connectivity index (χ3n) is 5.02. The molecule has 1 aliphatic heterocycles. The Bertz CT molecular complexity index is 612. The maximum Gasteiger partial charge on any atom is 0.433 e. The highest BCUT2D eigenvalue weighted by Crippen LogP contribution is 2.29. The number of amides is 1. The highest BCUT2D eigenvalue weighted by atomic mass is 19.4. The van der Waals surface area contributed by atoms with E-state index in [4.69, 9.17) is 0 Å². The molecule has 1 saturated carbocycles. The van der Waals surface area contributed by atoms with Gasteiger partial charge in [0.05, 0.1) is 11.3 Å². The van der Waals surface area contributed by atoms with E-state index in [1.54, 1.807) is 0 Å². The zero-order chi connectivity index (χ0) is 17.3. The van der Waals surface area contributed by atoms with Crippen LogP contribution in [0.4, 0.5) is 13.2 Å². The molecule has 132 valence electrons. The number of rotatable bonds is 3. The maximum atomic E-state index is 12.7. The summed E-state index contributed by atoms with van der Waals surface area (Å²) in [6.45, 7) is 3.23. The van der Waals surface area contributed by atoms with Crippen LogP contribution in [-0.4, -0.2) is 41.0 Å². The van der Waals surface area contributed by atoms with Crippen LogP contribution in [0, 0.1) is 6.92 Å². The molecule has 2 fully saturated rings. The Labute approximate surface area is 139 Å². The van der Waals surface area contributed by atoms with E-state index in [-0.39, 0.29) is 23.2 Å². The molecule has 0 spiro atoms. The van der Waals surface area contributed by atoms with E-state index < -0.39 is 11.9 Å². The van der Waals surface area contributed by atoms with Crippen molar-refractivity contribution in [1.29, 1.82) is 0 Å². The summed E-state index contributed by atoms with van der Waals surface area (Å²) in [7, 11) is 0. The normalized spacial score (nSPS) is 22.9. The maximum absolute atomic E-state index is 12.7. The van der Waals surface area contributed by atoms with Gasteiger partial charge in [-0.05, 0) is 38.3 Å². The minimum Gasteiger partial charge on any atom is -0.348 e. The zero-order valence-electron chi connectivity index (χ0n) is 13.7. The van der Waals surface area contributed by atoms with Crippen molar-refractivity contribution in [3.8, 4) is 0 Å². The number of nitrogens with zero attached hydrogens (tertiary/aromatic N) is 2. The van der Waals surface area contributed by atoms with Crippen LogP contribution in [0.25, 0.3) is 0 Å². The fourth-order valence-corrected chi connectivity index (χ4v) is 3.73. The van der Waals surface area contributed by atoms with Gasteiger partial charge in [0, 0.05) is 25.2 Å². The number of pyridine rings is 1. The molecule has 24 heavy (non-hydrogen) atoms. The van der Waals surface area contributed by atoms with Crippen molar-refractivity contribution in [1.82, 2.24) is 15.2 Å². The number of alkyl halides is 3. The van der Waals surface area contributed by atoms with Gasteiger partial charge in [-0.25, -0.2) is 4.98 Å². The first-order valence-electron chi connectivity index (χ1n) is 8.44. The van der Waals surface area contributed by atoms with Crippen molar-refractivity contribution < 1.29 is 18.0 Å². The van der Waals surface area contributed by atoms with Gasteiger partial charge < -0.3 is 5.32 Å². The Kier molecular flexibility index (Phi) is 4.80. The molecule has 2 heterocycles. The summed E-state index contributed by atoms with van der Waals surface area (Å²) in [4.78, 5) is 18.3. The molecular weight excluding hydrogens is 319 g/mol. The van der Waals surface area contributed by atoms with Gasteiger partial charge >= 0.3 is 6.18 Å². The Hall–Kier alpha value is -1.63. The predicted molar refractivity (Wildman–Crippen MR) is 83.7 cm³/mol. The van der Waals surface area contributed by atoms with Gasteiger partial charge in [-0.1, -0.05) is 12.8 Å². The molecule has 1 saturated heterocycles. The van der Waals surface area contributed by atoms with E-state index >= 15 is 0 Å². The van der Waals surface area contributed by atoms with Crippen molar-refractivity contribution in [3.05, 3.63) is 29.1 Å². The second kappa shape index (κ2) is 6.70. The monoisotopic (exact) mass is 341 g/mol. The molecule has 4 nitrogen and oxygen atoms in total. The minimum absolute atomic E-state index is 0.0554. The SMILES string of the molecule is Cc1nc(C(F)(F)F)ccc1C(=O)NC1CCN(C2CCCC2)C1. The average Bonchev–Trinajstić information content (AvgIpc) is 3.16. The molecule has 2 aliphatic rings. The molecule has 0 bridgehead atoms. The fourth-order valence-electron chi connectivity index (χ4n) is 3.73. The molecule has 1 amide bonds. The number of aromatic nitrogens is 1. The number of aryl methyl sites for hydroxylation is 1. The largest absolute Gasteiger partial charge is 0.433 e. The Morgan fingerprint density at radius 1 is 1.25 bits per heavy atom. The third-order valence-corrected chi connectivity index (χ3v) is 5.02. The fraction of sp³-hybridized carbons (Fsp3) is 0.647. The lowest BCUT2D eigenvalue weighted by Gasteiger charge is -2.23. The van der Waals surface area contributed by atoms with Gasteiger partial charge in [0.25, 0.3) is 5.91 Å². The summed E-state index contributed by atoms with van der Waals surface area (Å²) in [6.07, 6.45) is 1.39. The minimum atomic E-state index is -4.49. The Morgan fingerprint density at radius 2 is 1.96 bits per heavy atom. The summed E-state index contributed by atoms with van der Waals surface area (Å²) in [5, 5.41) is 2.95. The standard InChI is InChI=1S/C17H22F3N3O/c1-11-14(6-7-15(21-11)17(18,19)20)16(24)22-12-8-9-23(10-12)13-4-2-3-5-13/h6-7,12-13H,2-5,8-10H2,1H3,(H,22,24). The number of hydrogen-bond acceptors (Lipinski definition) is 3. The summed E-state index contributed by atoms with van der Waals surface area (Å²) < 4.78 is 38.0. The quantitative estimate of drug-likeness (QED) is 0.919. The average molecular weight is 341 g/mol. The van der Waals surface area contributed by atoms with Crippen molar-refractivity contribution in [2.45, 2.75) is 57.3 Å². The Balaban J connectivity index is 1.61. The number of carbonyl (C=O) groups excluding carboxylic acids is 1. The molecule has 1 unspecified atom stereocenters. The van der Waals surface area contributed by atoms with Crippen LogP contribution in [0.1, 0.15) is 53.8 Å². The summed E-state index contributed by atoms with van der Waals surface area (Å²) in [5.74, 6) is -0.341. The van der Waals surface area contributed by atoms with Crippen molar-refractivity contribution >= 4 is 5.91 Å². The first kappa shape index (κ1) is 17.2. The van der Waals surface area contributed by atoms with Crippen LogP contribution in [0.3, 0.4) is 0 Å². The molecular formula is C17H22F3N3O. The molecule has 1 aromatic heterocycles. The second-order valence-corrected chi connectivity index (χ2v) is 6.72. The van der Waals surface area contributed by atoms with Crippen molar-refractivity contribution in [3.63, 3.8) is 0 Å². The van der Waals surface area contributed by atoms with Crippen LogP contribution in [0.5, 0.6) is 0 Å². The summed E-state index contributed by atoms with van der Waals surface area (Å²) >= 11 is 0. The number of hydrogen-bond donors (Lipinski definition) is 1. The van der Waals surface area contributed by atoms with Gasteiger partial charge in [-0.15, -0.1) is 0 Å². The highest BCUT2D eigenvalue weighted by molar-refractivity contribution is 5.95. The molecule has 0 aromatic carbocycles. The van der Waals surface area contributed by atoms with E-state index in [1.165, 1.54) is 38.7 Å². The molecule has 0 radical (unpaired) electrons. The van der Waals surface area contributed by atoms with E-state index in [9.17, 15) is 18.0 Å². The zero-order valence-corrected chi connectivity index (χ0v) is 13.7. The summed E-state index contributed by atoms with van der Waals surface area (Å²) in [5.41, 5.74) is -0.653. The molecule has 7 heteroatoms. The summed E-state index contributed by atoms with van der Waals surface area (Å²) in [6, 6.07) is 2.76. The predicted octanol–water partition coefficient (Wildman–Crippen LogP) is 3.16. The third kappa shape index (κ3) is 3.71. The first-order chi connectivity index (χ1) is 11.3. The van der Waals surface area contributed by atoms with Gasteiger partial charge in [0.15, 0.2) is 0 Å². The van der Waals surface area contributed by atoms with E-state index in [0.717, 1.165) is 25.6 Å². The number of halogens is 3. The number of nitrogens with one attached hydrogen (secondary N) is 1. The van der Waals surface area contributed by atoms with Gasteiger partial charge in [-0.3, -0.25) is 9.69 Å². The van der Waals surface area contributed by atoms with Gasteiger partial charge in [0.2, 0.25) is 0 Å². The van der Waals surface area contributed by atoms with Crippen LogP contribution in [-0.2, 0) is 6.18 Å². The van der Waals surface area contributed by atoms with Crippen LogP contribution >= 0.6 is 0 Å². The number of carbonyl (C=O) groups is 1. The molecule has 1 aliphatic carbocycles. The lowest BCUT2D eigenvalue weighted by molar-refractivity contribution is -0.141. The molecule has 3 rings (SSSR count). The molecule has 1 atom stereocenters. The van der Waals surface area contributed by atoms with Gasteiger partial charge in [0.1, 0.15) is 5.69 Å². The topological polar surface area (TPSA) is 45.2 Å². The molecule has 1 aromatic rings. The van der Waals surface area contributed by atoms with Crippen LogP contribution in [0.2, 0.25) is 0 Å². The smallest absolute Gasteiger partial charge is 0.348 e.